The number of hydrogen-bond donors (Lipinski definition) is 2. The van der Waals surface area contributed by atoms with Crippen molar-refractivity contribution >= 4 is 0 Å². The molecule has 0 aliphatic rings. The number of hydrogen-bond acceptors (Lipinski definition) is 5. The second kappa shape index (κ2) is 3.80. The minimum atomic E-state index is -0.822. The largest absolute Gasteiger partial charge is 0.388 e. The molecule has 0 aliphatic heterocycles. The van der Waals surface area contributed by atoms with E-state index in [9.17, 15) is 5.11 Å². The van der Waals surface area contributed by atoms with Gasteiger partial charge in [-0.2, -0.15) is 4.80 Å². The lowest BCUT2D eigenvalue weighted by molar-refractivity contribution is 0.0601. The fourth-order valence-corrected chi connectivity index (χ4v) is 1.18. The Kier molecular flexibility index (Phi) is 2.94. The van der Waals surface area contributed by atoms with E-state index in [-0.39, 0.29) is 0 Å². The van der Waals surface area contributed by atoms with Gasteiger partial charge in [0.1, 0.15) is 0 Å². The number of nitrogens with zero attached hydrogens (tertiary/aromatic N) is 4. The van der Waals surface area contributed by atoms with Crippen LogP contribution in [0.1, 0.15) is 12.7 Å². The molecule has 1 unspecified atom stereocenters. The smallest absolute Gasteiger partial charge is 0.177 e. The highest BCUT2D eigenvalue weighted by atomic mass is 16.3. The highest BCUT2D eigenvalue weighted by Crippen LogP contribution is 2.07. The summed E-state index contributed by atoms with van der Waals surface area (Å²) in [6.07, 6.45) is 0.404. The first kappa shape index (κ1) is 10.1. The van der Waals surface area contributed by atoms with Crippen molar-refractivity contribution in [1.29, 1.82) is 0 Å². The fourth-order valence-electron chi connectivity index (χ4n) is 1.18. The third-order valence-electron chi connectivity index (χ3n) is 1.65. The van der Waals surface area contributed by atoms with Crippen molar-refractivity contribution < 1.29 is 5.11 Å². The van der Waals surface area contributed by atoms with Gasteiger partial charge >= 0.3 is 0 Å². The standard InChI is InChI=1S/C7H15N5O/c1-7(13,5-8-2)4-6-9-11-12(3)10-6/h8,13H,4-5H2,1-3H3. The van der Waals surface area contributed by atoms with Gasteiger partial charge in [-0.1, -0.05) is 0 Å². The quantitative estimate of drug-likeness (QED) is 0.611. The molecule has 1 atom stereocenters. The Morgan fingerprint density at radius 2 is 2.31 bits per heavy atom. The molecule has 13 heavy (non-hydrogen) atoms. The summed E-state index contributed by atoms with van der Waals surface area (Å²) in [6, 6.07) is 0. The zero-order valence-corrected chi connectivity index (χ0v) is 8.15. The molecular formula is C7H15N5O. The number of aliphatic hydroxyl groups is 1. The second-order valence-corrected chi connectivity index (χ2v) is 3.40. The van der Waals surface area contributed by atoms with Gasteiger partial charge in [0.2, 0.25) is 0 Å². The maximum atomic E-state index is 9.80. The molecule has 1 heterocycles. The Labute approximate surface area is 76.9 Å². The van der Waals surface area contributed by atoms with Gasteiger partial charge in [0.25, 0.3) is 0 Å². The van der Waals surface area contributed by atoms with Crippen molar-refractivity contribution in [3.8, 4) is 0 Å². The van der Waals surface area contributed by atoms with Crippen LogP contribution in [0.15, 0.2) is 0 Å². The average molecular weight is 185 g/mol. The van der Waals surface area contributed by atoms with Crippen molar-refractivity contribution in [3.63, 3.8) is 0 Å². The Bertz CT molecular complexity index is 270. The van der Waals surface area contributed by atoms with Crippen LogP contribution in [0.3, 0.4) is 0 Å². The lowest BCUT2D eigenvalue weighted by Crippen LogP contribution is -2.38. The van der Waals surface area contributed by atoms with Crippen LogP contribution in [0.4, 0.5) is 0 Å². The van der Waals surface area contributed by atoms with Crippen LogP contribution in [0.2, 0.25) is 0 Å². The van der Waals surface area contributed by atoms with E-state index in [2.05, 4.69) is 20.7 Å². The zero-order valence-electron chi connectivity index (χ0n) is 8.15. The second-order valence-electron chi connectivity index (χ2n) is 3.40. The first-order chi connectivity index (χ1) is 6.03. The molecule has 0 spiro atoms. The van der Waals surface area contributed by atoms with Crippen molar-refractivity contribution in [2.24, 2.45) is 7.05 Å². The number of aryl methyl sites for hydroxylation is 1. The molecule has 0 saturated heterocycles. The van der Waals surface area contributed by atoms with Crippen molar-refractivity contribution in [3.05, 3.63) is 5.82 Å². The Morgan fingerprint density at radius 3 is 2.77 bits per heavy atom. The molecule has 0 fully saturated rings. The monoisotopic (exact) mass is 185 g/mol. The maximum absolute atomic E-state index is 9.80. The molecule has 1 aromatic rings. The SMILES string of the molecule is CNCC(C)(O)Cc1nnn(C)n1. The van der Waals surface area contributed by atoms with Crippen LogP contribution < -0.4 is 5.32 Å². The van der Waals surface area contributed by atoms with Crippen LogP contribution in [-0.2, 0) is 13.5 Å². The highest BCUT2D eigenvalue weighted by Gasteiger charge is 2.22. The van der Waals surface area contributed by atoms with E-state index in [1.165, 1.54) is 4.80 Å². The molecule has 0 aromatic carbocycles. The van der Waals surface area contributed by atoms with Crippen LogP contribution in [-0.4, -0.2) is 44.5 Å². The normalized spacial score (nSPS) is 15.7. The minimum Gasteiger partial charge on any atom is -0.388 e. The summed E-state index contributed by atoms with van der Waals surface area (Å²) >= 11 is 0. The minimum absolute atomic E-state index is 0.404. The van der Waals surface area contributed by atoms with Crippen LogP contribution in [0.5, 0.6) is 0 Å². The molecule has 1 rings (SSSR count). The van der Waals surface area contributed by atoms with Crippen LogP contribution in [0, 0.1) is 0 Å². The van der Waals surface area contributed by atoms with Crippen molar-refractivity contribution in [2.45, 2.75) is 18.9 Å². The molecule has 1 aromatic heterocycles. The summed E-state index contributed by atoms with van der Waals surface area (Å²) in [5.74, 6) is 0.558. The topological polar surface area (TPSA) is 75.9 Å². The van der Waals surface area contributed by atoms with Crippen LogP contribution >= 0.6 is 0 Å². The van der Waals surface area contributed by atoms with E-state index in [4.69, 9.17) is 0 Å². The Hall–Kier alpha value is -1.01. The lowest BCUT2D eigenvalue weighted by Gasteiger charge is -2.20. The Balaban J connectivity index is 2.57. The molecule has 74 valence electrons. The Morgan fingerprint density at radius 1 is 1.62 bits per heavy atom. The maximum Gasteiger partial charge on any atom is 0.177 e. The average Bonchev–Trinajstić information content (AvgIpc) is 2.34. The molecule has 0 aliphatic carbocycles. The number of tetrazole rings is 1. The summed E-state index contributed by atoms with van der Waals surface area (Å²) in [7, 11) is 3.49. The van der Waals surface area contributed by atoms with E-state index >= 15 is 0 Å². The van der Waals surface area contributed by atoms with E-state index < -0.39 is 5.60 Å². The summed E-state index contributed by atoms with van der Waals surface area (Å²) in [6.45, 7) is 2.24. The fraction of sp³-hybridized carbons (Fsp3) is 0.857. The first-order valence-electron chi connectivity index (χ1n) is 4.13. The van der Waals surface area contributed by atoms with E-state index in [0.29, 0.717) is 18.8 Å². The highest BCUT2D eigenvalue weighted by molar-refractivity contribution is 4.89. The number of likely N-dealkylation sites (N-methyl/N-ethyl adjacent to an activating group) is 1. The van der Waals surface area contributed by atoms with Gasteiger partial charge in [0, 0.05) is 13.0 Å². The third-order valence-corrected chi connectivity index (χ3v) is 1.65. The number of nitrogens with one attached hydrogen (secondary N) is 1. The molecule has 0 radical (unpaired) electrons. The van der Waals surface area contributed by atoms with Gasteiger partial charge in [0.05, 0.1) is 12.6 Å². The van der Waals surface area contributed by atoms with Gasteiger partial charge in [-0.15, -0.1) is 10.2 Å². The van der Waals surface area contributed by atoms with Crippen LogP contribution in [0.25, 0.3) is 0 Å². The molecule has 0 bridgehead atoms. The van der Waals surface area contributed by atoms with Gasteiger partial charge in [-0.3, -0.25) is 0 Å². The predicted octanol–water partition coefficient (Wildman–Crippen LogP) is -1.28. The summed E-state index contributed by atoms with van der Waals surface area (Å²) < 4.78 is 0. The summed E-state index contributed by atoms with van der Waals surface area (Å²) in [4.78, 5) is 1.38. The molecule has 0 amide bonds. The summed E-state index contributed by atoms with van der Waals surface area (Å²) in [5, 5.41) is 24.2. The first-order valence-corrected chi connectivity index (χ1v) is 4.13. The van der Waals surface area contributed by atoms with E-state index in [1.807, 2.05) is 0 Å². The molecule has 6 nitrogen and oxygen atoms in total. The molecule has 6 heteroatoms. The van der Waals surface area contributed by atoms with Crippen molar-refractivity contribution in [1.82, 2.24) is 25.5 Å². The molecular weight excluding hydrogens is 170 g/mol. The zero-order chi connectivity index (χ0) is 9.90. The molecule has 0 saturated carbocycles. The predicted molar refractivity (Wildman–Crippen MR) is 47.1 cm³/mol. The lowest BCUT2D eigenvalue weighted by atomic mass is 10.0. The van der Waals surface area contributed by atoms with Gasteiger partial charge in [-0.05, 0) is 19.2 Å². The summed E-state index contributed by atoms with van der Waals surface area (Å²) in [5.41, 5.74) is -0.822. The van der Waals surface area contributed by atoms with Gasteiger partial charge in [0.15, 0.2) is 5.82 Å². The number of rotatable bonds is 4. The van der Waals surface area contributed by atoms with Gasteiger partial charge < -0.3 is 10.4 Å². The molecule has 2 N–H and O–H groups in total. The van der Waals surface area contributed by atoms with E-state index in [1.54, 1.807) is 21.0 Å². The van der Waals surface area contributed by atoms with Crippen molar-refractivity contribution in [2.75, 3.05) is 13.6 Å². The van der Waals surface area contributed by atoms with Gasteiger partial charge in [-0.25, -0.2) is 0 Å². The third kappa shape index (κ3) is 3.08. The van der Waals surface area contributed by atoms with E-state index in [0.717, 1.165) is 0 Å². The number of aromatic nitrogens is 4.